The molecule has 1 amide bonds. The highest BCUT2D eigenvalue weighted by Crippen LogP contribution is 2.29. The Morgan fingerprint density at radius 1 is 1.48 bits per heavy atom. The molecule has 0 aliphatic carbocycles. The van der Waals surface area contributed by atoms with Gasteiger partial charge in [0.2, 0.25) is 0 Å². The summed E-state index contributed by atoms with van der Waals surface area (Å²) in [6.45, 7) is 8.93. The number of carbonyl (C=O) groups excluding carboxylic acids is 1. The number of aromatic nitrogens is 1. The van der Waals surface area contributed by atoms with E-state index >= 15 is 0 Å². The normalized spacial score (nSPS) is 17.6. The second kappa shape index (κ2) is 6.65. The molecule has 0 spiro atoms. The molecule has 1 saturated heterocycles. The Balaban J connectivity index is 2.16. The zero-order chi connectivity index (χ0) is 15.5. The summed E-state index contributed by atoms with van der Waals surface area (Å²) in [5.41, 5.74) is 0.805. The number of rotatable bonds is 4. The zero-order valence-corrected chi connectivity index (χ0v) is 13.8. The summed E-state index contributed by atoms with van der Waals surface area (Å²) < 4.78 is 0. The molecule has 4 nitrogen and oxygen atoms in total. The van der Waals surface area contributed by atoms with Crippen molar-refractivity contribution in [1.82, 2.24) is 9.88 Å². The number of amides is 1. The van der Waals surface area contributed by atoms with Crippen LogP contribution in [0, 0.1) is 5.41 Å². The van der Waals surface area contributed by atoms with E-state index in [0.717, 1.165) is 38.9 Å². The number of hydrogen-bond donors (Lipinski definition) is 1. The molecule has 1 N–H and O–H groups in total. The van der Waals surface area contributed by atoms with Gasteiger partial charge in [-0.15, -0.1) is 0 Å². The maximum Gasteiger partial charge on any atom is 0.254 e. The highest BCUT2D eigenvalue weighted by Gasteiger charge is 2.29. The third-order valence-corrected chi connectivity index (χ3v) is 3.98. The number of carbonyl (C=O) groups is 1. The van der Waals surface area contributed by atoms with Gasteiger partial charge in [-0.05, 0) is 36.8 Å². The fraction of sp³-hybridized carbons (Fsp3) is 0.625. The predicted molar refractivity (Wildman–Crippen MR) is 86.9 cm³/mol. The van der Waals surface area contributed by atoms with E-state index in [1.54, 1.807) is 12.1 Å². The molecule has 0 aromatic carbocycles. The van der Waals surface area contributed by atoms with E-state index in [9.17, 15) is 4.79 Å². The molecule has 0 unspecified atom stereocenters. The summed E-state index contributed by atoms with van der Waals surface area (Å²) in [6, 6.07) is 3.45. The molecule has 0 atom stereocenters. The minimum atomic E-state index is 0.0478. The van der Waals surface area contributed by atoms with Crippen molar-refractivity contribution in [3.05, 3.63) is 22.8 Å². The Kier molecular flexibility index (Phi) is 5.09. The van der Waals surface area contributed by atoms with Crippen molar-refractivity contribution in [3.63, 3.8) is 0 Å². The van der Waals surface area contributed by atoms with Gasteiger partial charge < -0.3 is 10.2 Å². The highest BCUT2D eigenvalue weighted by atomic mass is 35.5. The van der Waals surface area contributed by atoms with Crippen LogP contribution in [0.1, 0.15) is 50.4 Å². The maximum absolute atomic E-state index is 12.7. The lowest BCUT2D eigenvalue weighted by Crippen LogP contribution is -2.43. The van der Waals surface area contributed by atoms with Crippen molar-refractivity contribution >= 4 is 23.3 Å². The van der Waals surface area contributed by atoms with Gasteiger partial charge in [-0.2, -0.15) is 0 Å². The van der Waals surface area contributed by atoms with Gasteiger partial charge in [0, 0.05) is 25.2 Å². The van der Waals surface area contributed by atoms with Gasteiger partial charge >= 0.3 is 0 Å². The van der Waals surface area contributed by atoms with Crippen LogP contribution in [0.2, 0.25) is 5.15 Å². The molecule has 2 heterocycles. The lowest BCUT2D eigenvalue weighted by atomic mass is 9.84. The van der Waals surface area contributed by atoms with E-state index < -0.39 is 0 Å². The van der Waals surface area contributed by atoms with E-state index in [1.807, 2.05) is 4.90 Å². The zero-order valence-electron chi connectivity index (χ0n) is 13.1. The quantitative estimate of drug-likeness (QED) is 0.860. The van der Waals surface area contributed by atoms with Crippen molar-refractivity contribution in [2.45, 2.75) is 40.0 Å². The van der Waals surface area contributed by atoms with Crippen LogP contribution in [0.15, 0.2) is 12.1 Å². The lowest BCUT2D eigenvalue weighted by Gasteiger charge is -2.38. The summed E-state index contributed by atoms with van der Waals surface area (Å²) in [4.78, 5) is 18.8. The van der Waals surface area contributed by atoms with Crippen molar-refractivity contribution < 1.29 is 4.79 Å². The molecule has 0 radical (unpaired) electrons. The van der Waals surface area contributed by atoms with Gasteiger partial charge in [-0.3, -0.25) is 4.79 Å². The molecule has 0 bridgehead atoms. The number of hydrogen-bond acceptors (Lipinski definition) is 3. The van der Waals surface area contributed by atoms with Crippen molar-refractivity contribution in [2.24, 2.45) is 5.41 Å². The second-order valence-corrected chi connectivity index (χ2v) is 6.87. The number of piperidine rings is 1. The van der Waals surface area contributed by atoms with Gasteiger partial charge in [0.1, 0.15) is 11.0 Å². The average molecular weight is 310 g/mol. The number of likely N-dealkylation sites (tertiary alicyclic amines) is 1. The largest absolute Gasteiger partial charge is 0.370 e. The Hall–Kier alpha value is -1.29. The Morgan fingerprint density at radius 3 is 2.90 bits per heavy atom. The number of nitrogens with one attached hydrogen (secondary N) is 1. The Labute approximate surface area is 131 Å². The van der Waals surface area contributed by atoms with E-state index in [0.29, 0.717) is 16.5 Å². The molecule has 0 saturated carbocycles. The molecule has 1 aromatic rings. The van der Waals surface area contributed by atoms with Gasteiger partial charge in [0.05, 0.1) is 0 Å². The molecule has 5 heteroatoms. The molecule has 1 aliphatic heterocycles. The van der Waals surface area contributed by atoms with Crippen molar-refractivity contribution in [3.8, 4) is 0 Å². The molecular formula is C16H24ClN3O. The number of nitrogens with zero attached hydrogens (tertiary/aromatic N) is 2. The average Bonchev–Trinajstić information content (AvgIpc) is 2.42. The van der Waals surface area contributed by atoms with Gasteiger partial charge in [-0.1, -0.05) is 32.4 Å². The summed E-state index contributed by atoms with van der Waals surface area (Å²) in [5.74, 6) is 0.718. The van der Waals surface area contributed by atoms with E-state index in [4.69, 9.17) is 11.6 Å². The predicted octanol–water partition coefficient (Wildman–Crippen LogP) is 3.82. The monoisotopic (exact) mass is 309 g/mol. The van der Waals surface area contributed by atoms with Crippen LogP contribution < -0.4 is 5.32 Å². The smallest absolute Gasteiger partial charge is 0.254 e. The molecule has 1 aromatic heterocycles. The first kappa shape index (κ1) is 16.1. The lowest BCUT2D eigenvalue weighted by molar-refractivity contribution is 0.0583. The van der Waals surface area contributed by atoms with Crippen molar-refractivity contribution in [1.29, 1.82) is 0 Å². The Bertz CT molecular complexity index is 516. The number of halogens is 1. The number of anilines is 1. The minimum absolute atomic E-state index is 0.0478. The van der Waals surface area contributed by atoms with Gasteiger partial charge in [-0.25, -0.2) is 4.98 Å². The Morgan fingerprint density at radius 2 is 2.24 bits per heavy atom. The van der Waals surface area contributed by atoms with E-state index in [2.05, 4.69) is 31.1 Å². The topological polar surface area (TPSA) is 45.2 Å². The van der Waals surface area contributed by atoms with Crippen LogP contribution in [0.4, 0.5) is 5.82 Å². The minimum Gasteiger partial charge on any atom is -0.370 e. The van der Waals surface area contributed by atoms with Gasteiger partial charge in [0.25, 0.3) is 5.91 Å². The van der Waals surface area contributed by atoms with Crippen LogP contribution >= 0.6 is 11.6 Å². The molecule has 1 fully saturated rings. The van der Waals surface area contributed by atoms with Gasteiger partial charge in [0.15, 0.2) is 0 Å². The van der Waals surface area contributed by atoms with Crippen molar-refractivity contribution in [2.75, 3.05) is 25.0 Å². The molecule has 21 heavy (non-hydrogen) atoms. The van der Waals surface area contributed by atoms with Crippen LogP contribution in [0.3, 0.4) is 0 Å². The first-order valence-electron chi connectivity index (χ1n) is 7.62. The highest BCUT2D eigenvalue weighted by molar-refractivity contribution is 6.29. The summed E-state index contributed by atoms with van der Waals surface area (Å²) in [7, 11) is 0. The molecular weight excluding hydrogens is 286 g/mol. The second-order valence-electron chi connectivity index (χ2n) is 6.49. The van der Waals surface area contributed by atoms with Crippen LogP contribution in [0.5, 0.6) is 0 Å². The standard InChI is InChI=1S/C16H24ClN3O/c1-4-7-18-14-10-12(9-13(17)19-14)15(21)20-8-5-6-16(2,3)11-20/h9-10H,4-8,11H2,1-3H3,(H,18,19). The first-order valence-corrected chi connectivity index (χ1v) is 8.00. The molecule has 2 rings (SSSR count). The summed E-state index contributed by atoms with van der Waals surface area (Å²) in [5, 5.41) is 3.54. The van der Waals surface area contributed by atoms with E-state index in [-0.39, 0.29) is 11.3 Å². The van der Waals surface area contributed by atoms with E-state index in [1.165, 1.54) is 0 Å². The first-order chi connectivity index (χ1) is 9.91. The van der Waals surface area contributed by atoms with Crippen LogP contribution in [-0.4, -0.2) is 35.4 Å². The van der Waals surface area contributed by atoms with Crippen LogP contribution in [-0.2, 0) is 0 Å². The fourth-order valence-electron chi connectivity index (χ4n) is 2.74. The fourth-order valence-corrected chi connectivity index (χ4v) is 2.95. The third kappa shape index (κ3) is 4.34. The number of pyridine rings is 1. The summed E-state index contributed by atoms with van der Waals surface area (Å²) >= 11 is 6.05. The molecule has 116 valence electrons. The SMILES string of the molecule is CCCNc1cc(C(=O)N2CCCC(C)(C)C2)cc(Cl)n1. The summed E-state index contributed by atoms with van der Waals surface area (Å²) in [6.07, 6.45) is 3.22. The molecule has 1 aliphatic rings. The van der Waals surface area contributed by atoms with Crippen LogP contribution in [0.25, 0.3) is 0 Å². The third-order valence-electron chi connectivity index (χ3n) is 3.78. The maximum atomic E-state index is 12.7.